The van der Waals surface area contributed by atoms with Gasteiger partial charge in [0.1, 0.15) is 5.82 Å². The predicted octanol–water partition coefficient (Wildman–Crippen LogP) is 4.17. The highest BCUT2D eigenvalue weighted by atomic mass is 16.7. The molecule has 36 heavy (non-hydrogen) atoms. The molecule has 0 aliphatic rings. The van der Waals surface area contributed by atoms with Crippen molar-refractivity contribution < 1.29 is 19.2 Å². The van der Waals surface area contributed by atoms with Gasteiger partial charge in [-0.25, -0.2) is 14.8 Å². The van der Waals surface area contributed by atoms with Gasteiger partial charge in [0.25, 0.3) is 5.91 Å². The Morgan fingerprint density at radius 1 is 0.972 bits per heavy atom. The summed E-state index contributed by atoms with van der Waals surface area (Å²) in [7, 11) is 3.01. The fraction of sp³-hybridized carbons (Fsp3) is 0.231. The number of rotatable bonds is 10. The maximum atomic E-state index is 13.1. The number of nitrogens with one attached hydrogen (secondary N) is 4. The van der Waals surface area contributed by atoms with Crippen molar-refractivity contribution in [2.75, 3.05) is 36.7 Å². The number of aromatic nitrogens is 1. The topological polar surface area (TPSA) is 125 Å². The number of benzene rings is 2. The van der Waals surface area contributed by atoms with Crippen LogP contribution in [0.5, 0.6) is 0 Å². The van der Waals surface area contributed by atoms with Gasteiger partial charge in [0.15, 0.2) is 0 Å². The van der Waals surface area contributed by atoms with Crippen LogP contribution in [0.1, 0.15) is 29.3 Å². The molecule has 0 atom stereocenters. The van der Waals surface area contributed by atoms with Crippen LogP contribution >= 0.6 is 0 Å². The lowest BCUT2D eigenvalue weighted by Gasteiger charge is -2.15. The van der Waals surface area contributed by atoms with E-state index >= 15 is 0 Å². The van der Waals surface area contributed by atoms with Gasteiger partial charge in [-0.2, -0.15) is 0 Å². The highest BCUT2D eigenvalue weighted by molar-refractivity contribution is 6.08. The van der Waals surface area contributed by atoms with E-state index in [0.717, 1.165) is 11.3 Å². The van der Waals surface area contributed by atoms with Crippen LogP contribution in [0.2, 0.25) is 0 Å². The molecule has 0 radical (unpaired) electrons. The first kappa shape index (κ1) is 26.2. The monoisotopic (exact) mass is 490 g/mol. The Kier molecular flexibility index (Phi) is 9.35. The van der Waals surface area contributed by atoms with Gasteiger partial charge < -0.3 is 16.0 Å². The quantitative estimate of drug-likeness (QED) is 0.316. The number of carbonyl (C=O) groups is 3. The molecular weight excluding hydrogens is 460 g/mol. The van der Waals surface area contributed by atoms with Gasteiger partial charge >= 0.3 is 6.03 Å². The second-order valence-electron chi connectivity index (χ2n) is 7.82. The third kappa shape index (κ3) is 7.54. The van der Waals surface area contributed by atoms with Crippen molar-refractivity contribution in [3.63, 3.8) is 0 Å². The van der Waals surface area contributed by atoms with E-state index in [1.165, 1.54) is 18.4 Å². The summed E-state index contributed by atoms with van der Waals surface area (Å²) < 4.78 is 0. The number of hydrogen-bond donors (Lipinski definition) is 4. The van der Waals surface area contributed by atoms with Crippen LogP contribution in [0.4, 0.5) is 27.7 Å². The smallest absolute Gasteiger partial charge is 0.320 e. The van der Waals surface area contributed by atoms with Crippen molar-refractivity contribution in [1.82, 2.24) is 15.4 Å². The number of amides is 4. The molecule has 10 heteroatoms. The summed E-state index contributed by atoms with van der Waals surface area (Å²) in [6.45, 7) is 2.29. The molecule has 3 aromatic rings. The lowest BCUT2D eigenvalue weighted by atomic mass is 10.1. The Balaban J connectivity index is 1.73. The zero-order valence-corrected chi connectivity index (χ0v) is 20.5. The first-order chi connectivity index (χ1) is 17.4. The van der Waals surface area contributed by atoms with Crippen molar-refractivity contribution in [3.8, 4) is 0 Å². The number of pyridine rings is 1. The largest absolute Gasteiger partial charge is 0.355 e. The Bertz CT molecular complexity index is 1180. The number of nitrogens with zero attached hydrogens (tertiary/aromatic N) is 2. The molecule has 0 saturated carbocycles. The molecular formula is C26H30N6O4. The molecule has 1 aromatic heterocycles. The number of carbonyl (C=O) groups excluding carboxylic acids is 3. The fourth-order valence-corrected chi connectivity index (χ4v) is 3.27. The normalized spacial score (nSPS) is 10.3. The Morgan fingerprint density at radius 2 is 1.69 bits per heavy atom. The van der Waals surface area contributed by atoms with E-state index in [9.17, 15) is 14.4 Å². The van der Waals surface area contributed by atoms with Crippen LogP contribution in [0.15, 0.2) is 66.9 Å². The summed E-state index contributed by atoms with van der Waals surface area (Å²) in [5.74, 6) is -0.185. The lowest BCUT2D eigenvalue weighted by Crippen LogP contribution is -2.28. The second-order valence-corrected chi connectivity index (χ2v) is 7.82. The molecule has 0 saturated heterocycles. The van der Waals surface area contributed by atoms with E-state index in [0.29, 0.717) is 42.1 Å². The maximum Gasteiger partial charge on any atom is 0.320 e. The van der Waals surface area contributed by atoms with E-state index in [4.69, 9.17) is 4.84 Å². The summed E-state index contributed by atoms with van der Waals surface area (Å²) >= 11 is 0. The van der Waals surface area contributed by atoms with E-state index in [1.807, 2.05) is 49.4 Å². The number of hydrogen-bond acceptors (Lipinski definition) is 6. The third-order valence-corrected chi connectivity index (χ3v) is 5.24. The minimum Gasteiger partial charge on any atom is -0.355 e. The standard InChI is InChI=1S/C26H30N6O4/c1-4-27-26(35)31-23-16-22(29-19-8-6-5-7-9-19)21(17-28-23)25(34)30-20-13-10-18(11-14-20)12-15-24(33)32(2)36-3/h5-11,13-14,16-17H,4,12,15H2,1-3H3,(H,30,34)(H3,27,28,29,31,35). The van der Waals surface area contributed by atoms with Crippen LogP contribution < -0.4 is 21.3 Å². The highest BCUT2D eigenvalue weighted by Gasteiger charge is 2.15. The number of anilines is 4. The summed E-state index contributed by atoms with van der Waals surface area (Å²) in [5.41, 5.74) is 3.12. The minimum atomic E-state index is -0.386. The Hall–Kier alpha value is -4.44. The fourth-order valence-electron chi connectivity index (χ4n) is 3.27. The molecule has 0 aliphatic heterocycles. The van der Waals surface area contributed by atoms with Gasteiger partial charge in [-0.1, -0.05) is 30.3 Å². The van der Waals surface area contributed by atoms with Gasteiger partial charge in [-0.05, 0) is 43.2 Å². The molecule has 2 aromatic carbocycles. The molecule has 10 nitrogen and oxygen atoms in total. The molecule has 0 unspecified atom stereocenters. The summed E-state index contributed by atoms with van der Waals surface area (Å²) in [5, 5.41) is 12.6. The Morgan fingerprint density at radius 3 is 2.36 bits per heavy atom. The molecule has 4 amide bonds. The summed E-state index contributed by atoms with van der Waals surface area (Å²) in [6, 6.07) is 17.9. The first-order valence-corrected chi connectivity index (χ1v) is 11.5. The molecule has 188 valence electrons. The third-order valence-electron chi connectivity index (χ3n) is 5.24. The summed E-state index contributed by atoms with van der Waals surface area (Å²) in [6.07, 6.45) is 2.28. The number of urea groups is 1. The van der Waals surface area contributed by atoms with Crippen molar-refractivity contribution in [2.45, 2.75) is 19.8 Å². The number of hydroxylamine groups is 2. The van der Waals surface area contributed by atoms with Crippen LogP contribution in [0.3, 0.4) is 0 Å². The van der Waals surface area contributed by atoms with Crippen molar-refractivity contribution in [2.24, 2.45) is 0 Å². The number of aryl methyl sites for hydroxylation is 1. The maximum absolute atomic E-state index is 13.1. The van der Waals surface area contributed by atoms with E-state index < -0.39 is 0 Å². The van der Waals surface area contributed by atoms with Gasteiger partial charge in [0.05, 0.1) is 18.4 Å². The molecule has 3 rings (SSSR count). The number of para-hydroxylation sites is 1. The zero-order chi connectivity index (χ0) is 25.9. The van der Waals surface area contributed by atoms with Gasteiger partial charge in [-0.15, -0.1) is 0 Å². The van der Waals surface area contributed by atoms with E-state index in [-0.39, 0.29) is 17.8 Å². The first-order valence-electron chi connectivity index (χ1n) is 11.5. The van der Waals surface area contributed by atoms with Crippen LogP contribution in [0, 0.1) is 0 Å². The van der Waals surface area contributed by atoms with Crippen LogP contribution in [-0.2, 0) is 16.1 Å². The lowest BCUT2D eigenvalue weighted by molar-refractivity contribution is -0.168. The van der Waals surface area contributed by atoms with Gasteiger partial charge in [0.2, 0.25) is 5.91 Å². The van der Waals surface area contributed by atoms with Crippen LogP contribution in [-0.4, -0.2) is 48.6 Å². The molecule has 1 heterocycles. The molecule has 4 N–H and O–H groups in total. The molecule has 0 bridgehead atoms. The van der Waals surface area contributed by atoms with E-state index in [2.05, 4.69) is 26.3 Å². The molecule has 0 fully saturated rings. The SMILES string of the molecule is CCNC(=O)Nc1cc(Nc2ccccc2)c(C(=O)Nc2ccc(CCC(=O)N(C)OC)cc2)cn1. The van der Waals surface area contributed by atoms with E-state index in [1.54, 1.807) is 25.2 Å². The predicted molar refractivity (Wildman–Crippen MR) is 139 cm³/mol. The Labute approximate surface area is 210 Å². The highest BCUT2D eigenvalue weighted by Crippen LogP contribution is 2.24. The van der Waals surface area contributed by atoms with Crippen molar-refractivity contribution in [3.05, 3.63) is 78.0 Å². The average molecular weight is 491 g/mol. The van der Waals surface area contributed by atoms with Gasteiger partial charge in [0, 0.05) is 43.7 Å². The van der Waals surface area contributed by atoms with Crippen molar-refractivity contribution >= 4 is 40.7 Å². The van der Waals surface area contributed by atoms with Gasteiger partial charge in [-0.3, -0.25) is 19.7 Å². The van der Waals surface area contributed by atoms with Crippen molar-refractivity contribution in [1.29, 1.82) is 0 Å². The molecule has 0 spiro atoms. The van der Waals surface area contributed by atoms with Crippen LogP contribution in [0.25, 0.3) is 0 Å². The second kappa shape index (κ2) is 12.9. The zero-order valence-electron chi connectivity index (χ0n) is 20.5. The summed E-state index contributed by atoms with van der Waals surface area (Å²) in [4.78, 5) is 46.0. The minimum absolute atomic E-state index is 0.120. The average Bonchev–Trinajstić information content (AvgIpc) is 2.88. The molecule has 0 aliphatic carbocycles.